The van der Waals surface area contributed by atoms with Crippen LogP contribution in [0.15, 0.2) is 36.7 Å². The summed E-state index contributed by atoms with van der Waals surface area (Å²) in [4.78, 5) is 22.8. The summed E-state index contributed by atoms with van der Waals surface area (Å²) in [7, 11) is 0. The average molecular weight is 458 g/mol. The number of phenolic OH excluding ortho intramolecular Hbond substituents is 1. The number of carbonyl (C=O) groups excluding carboxylic acids is 1. The van der Waals surface area contributed by atoms with E-state index in [1.165, 1.54) is 6.20 Å². The zero-order chi connectivity index (χ0) is 23.7. The van der Waals surface area contributed by atoms with E-state index in [1.807, 2.05) is 4.90 Å². The smallest absolute Gasteiger partial charge is 0.276 e. The number of pyridine rings is 2. The SMILES string of the molecule is Nc1cc(F)c(-c2c(F)ccc(O)c2F)nc1C(=O)Nc1cnccc1N1CCCC(N)C1. The van der Waals surface area contributed by atoms with Gasteiger partial charge in [0.05, 0.1) is 28.8 Å². The molecule has 0 bridgehead atoms. The van der Waals surface area contributed by atoms with Crippen molar-refractivity contribution in [2.75, 3.05) is 29.0 Å². The molecule has 3 heterocycles. The lowest BCUT2D eigenvalue weighted by atomic mass is 10.1. The molecule has 1 saturated heterocycles. The van der Waals surface area contributed by atoms with Crippen molar-refractivity contribution in [2.45, 2.75) is 18.9 Å². The molecule has 1 unspecified atom stereocenters. The zero-order valence-corrected chi connectivity index (χ0v) is 17.4. The lowest BCUT2D eigenvalue weighted by molar-refractivity contribution is 0.102. The van der Waals surface area contributed by atoms with Crippen LogP contribution in [0.3, 0.4) is 0 Å². The fraction of sp³-hybridized carbons (Fsp3) is 0.227. The van der Waals surface area contributed by atoms with E-state index in [-0.39, 0.29) is 11.7 Å². The largest absolute Gasteiger partial charge is 0.505 e. The molecule has 1 atom stereocenters. The summed E-state index contributed by atoms with van der Waals surface area (Å²) >= 11 is 0. The Morgan fingerprint density at radius 1 is 1.21 bits per heavy atom. The Kier molecular flexibility index (Phi) is 6.05. The second-order valence-corrected chi connectivity index (χ2v) is 7.71. The number of hydrogen-bond donors (Lipinski definition) is 4. The summed E-state index contributed by atoms with van der Waals surface area (Å²) in [5, 5.41) is 12.2. The number of nitrogens with zero attached hydrogens (tertiary/aromatic N) is 3. The Hall–Kier alpha value is -3.86. The summed E-state index contributed by atoms with van der Waals surface area (Å²) in [5.41, 5.74) is 10.4. The lowest BCUT2D eigenvalue weighted by Gasteiger charge is -2.33. The number of nitrogens with two attached hydrogens (primary N) is 2. The van der Waals surface area contributed by atoms with Gasteiger partial charge in [0.15, 0.2) is 23.1 Å². The maximum absolute atomic E-state index is 14.5. The third kappa shape index (κ3) is 4.40. The first-order valence-corrected chi connectivity index (χ1v) is 10.2. The van der Waals surface area contributed by atoms with Gasteiger partial charge in [-0.2, -0.15) is 0 Å². The van der Waals surface area contributed by atoms with E-state index in [2.05, 4.69) is 15.3 Å². The van der Waals surface area contributed by atoms with E-state index in [4.69, 9.17) is 11.5 Å². The van der Waals surface area contributed by atoms with E-state index < -0.39 is 46.1 Å². The monoisotopic (exact) mass is 458 g/mol. The third-order valence-corrected chi connectivity index (χ3v) is 5.37. The van der Waals surface area contributed by atoms with E-state index in [0.717, 1.165) is 37.6 Å². The van der Waals surface area contributed by atoms with E-state index >= 15 is 0 Å². The number of amides is 1. The number of aromatic nitrogens is 2. The number of hydrogen-bond acceptors (Lipinski definition) is 7. The molecule has 33 heavy (non-hydrogen) atoms. The van der Waals surface area contributed by atoms with Crippen molar-refractivity contribution < 1.29 is 23.1 Å². The highest BCUT2D eigenvalue weighted by Gasteiger charge is 2.25. The number of benzene rings is 1. The summed E-state index contributed by atoms with van der Waals surface area (Å²) in [6, 6.07) is 4.00. The van der Waals surface area contributed by atoms with E-state index in [9.17, 15) is 23.1 Å². The summed E-state index contributed by atoms with van der Waals surface area (Å²) in [6.45, 7) is 1.32. The number of anilines is 3. The Balaban J connectivity index is 1.70. The van der Waals surface area contributed by atoms with Crippen LogP contribution >= 0.6 is 0 Å². The maximum atomic E-state index is 14.5. The van der Waals surface area contributed by atoms with Gasteiger partial charge in [-0.3, -0.25) is 9.78 Å². The maximum Gasteiger partial charge on any atom is 0.276 e. The fourth-order valence-electron chi connectivity index (χ4n) is 3.79. The van der Waals surface area contributed by atoms with Gasteiger partial charge in [0.25, 0.3) is 5.91 Å². The minimum absolute atomic E-state index is 0.0143. The van der Waals surface area contributed by atoms with Crippen molar-refractivity contribution in [1.29, 1.82) is 0 Å². The molecule has 0 saturated carbocycles. The van der Waals surface area contributed by atoms with Crippen LogP contribution < -0.4 is 21.7 Å². The highest BCUT2D eigenvalue weighted by molar-refractivity contribution is 6.08. The van der Waals surface area contributed by atoms with Gasteiger partial charge in [0, 0.05) is 31.4 Å². The minimum atomic E-state index is -1.41. The highest BCUT2D eigenvalue weighted by Crippen LogP contribution is 2.33. The molecule has 172 valence electrons. The van der Waals surface area contributed by atoms with Crippen LogP contribution in [0.2, 0.25) is 0 Å². The quantitative estimate of drug-likeness (QED) is 0.473. The number of aromatic hydroxyl groups is 1. The van der Waals surface area contributed by atoms with E-state index in [1.54, 1.807) is 12.3 Å². The first-order chi connectivity index (χ1) is 15.8. The Bertz CT molecular complexity index is 1220. The number of carbonyl (C=O) groups is 1. The lowest BCUT2D eigenvalue weighted by Crippen LogP contribution is -2.43. The molecule has 1 aromatic carbocycles. The van der Waals surface area contributed by atoms with E-state index in [0.29, 0.717) is 17.9 Å². The number of halogens is 3. The Morgan fingerprint density at radius 3 is 2.76 bits per heavy atom. The molecule has 8 nitrogen and oxygen atoms in total. The number of nitrogen functional groups attached to an aromatic ring is 1. The van der Waals surface area contributed by atoms with Crippen molar-refractivity contribution in [3.8, 4) is 17.0 Å². The topological polar surface area (TPSA) is 130 Å². The van der Waals surface area contributed by atoms with Gasteiger partial charge in [-0.15, -0.1) is 0 Å². The zero-order valence-electron chi connectivity index (χ0n) is 17.4. The molecular weight excluding hydrogens is 437 g/mol. The van der Waals surface area contributed by atoms with Crippen molar-refractivity contribution in [3.05, 3.63) is 59.8 Å². The van der Waals surface area contributed by atoms with Crippen LogP contribution in [0, 0.1) is 17.5 Å². The summed E-state index contributed by atoms with van der Waals surface area (Å²) < 4.78 is 43.1. The first kappa shape index (κ1) is 22.3. The van der Waals surface area contributed by atoms with Crippen LogP contribution in [0.5, 0.6) is 5.75 Å². The Labute approximate surface area is 187 Å². The fourth-order valence-corrected chi connectivity index (χ4v) is 3.79. The third-order valence-electron chi connectivity index (χ3n) is 5.37. The molecular formula is C22H21F3N6O2. The standard InChI is InChI=1S/C22H21F3N6O2/c23-12-3-4-17(32)19(25)18(12)20-13(24)8-14(27)21(30-20)22(33)29-15-9-28-6-5-16(15)31-7-1-2-11(26)10-31/h3-6,8-9,11,32H,1-2,7,10,26-27H2,(H,29,33). The van der Waals surface area contributed by atoms with Crippen molar-refractivity contribution in [1.82, 2.24) is 9.97 Å². The molecule has 2 aromatic heterocycles. The Morgan fingerprint density at radius 2 is 2.00 bits per heavy atom. The molecule has 1 aliphatic heterocycles. The van der Waals surface area contributed by atoms with Crippen molar-refractivity contribution in [3.63, 3.8) is 0 Å². The van der Waals surface area contributed by atoms with Gasteiger partial charge in [-0.1, -0.05) is 0 Å². The van der Waals surface area contributed by atoms with Crippen LogP contribution in [-0.4, -0.2) is 40.1 Å². The first-order valence-electron chi connectivity index (χ1n) is 10.2. The minimum Gasteiger partial charge on any atom is -0.505 e. The predicted molar refractivity (Wildman–Crippen MR) is 117 cm³/mol. The predicted octanol–water partition coefficient (Wildman–Crippen LogP) is 3.03. The molecule has 1 fully saturated rings. The molecule has 3 aromatic rings. The van der Waals surface area contributed by atoms with Gasteiger partial charge in [-0.25, -0.2) is 18.2 Å². The summed E-state index contributed by atoms with van der Waals surface area (Å²) in [6.07, 6.45) is 4.78. The molecule has 11 heteroatoms. The van der Waals surface area contributed by atoms with Crippen LogP contribution in [0.4, 0.5) is 30.2 Å². The van der Waals surface area contributed by atoms with Crippen LogP contribution in [-0.2, 0) is 0 Å². The van der Waals surface area contributed by atoms with Gasteiger partial charge >= 0.3 is 0 Å². The molecule has 1 amide bonds. The molecule has 4 rings (SSSR count). The number of phenols is 1. The number of nitrogens with one attached hydrogen (secondary N) is 1. The molecule has 0 spiro atoms. The molecule has 6 N–H and O–H groups in total. The molecule has 0 aliphatic carbocycles. The number of rotatable bonds is 4. The van der Waals surface area contributed by atoms with Crippen LogP contribution in [0.1, 0.15) is 23.3 Å². The second kappa shape index (κ2) is 8.94. The average Bonchev–Trinajstić information content (AvgIpc) is 2.78. The van der Waals surface area contributed by atoms with Gasteiger partial charge in [0.2, 0.25) is 0 Å². The van der Waals surface area contributed by atoms with Gasteiger partial charge < -0.3 is 26.8 Å². The molecule has 1 aliphatic rings. The number of piperidine rings is 1. The van der Waals surface area contributed by atoms with Crippen LogP contribution in [0.25, 0.3) is 11.3 Å². The van der Waals surface area contributed by atoms with Gasteiger partial charge in [-0.05, 0) is 31.0 Å². The summed E-state index contributed by atoms with van der Waals surface area (Å²) in [5.74, 6) is -5.45. The second-order valence-electron chi connectivity index (χ2n) is 7.71. The molecule has 0 radical (unpaired) electrons. The normalized spacial score (nSPS) is 16.0. The van der Waals surface area contributed by atoms with Gasteiger partial charge in [0.1, 0.15) is 11.5 Å². The van der Waals surface area contributed by atoms with Crippen molar-refractivity contribution >= 4 is 23.0 Å². The highest BCUT2D eigenvalue weighted by atomic mass is 19.1. The van der Waals surface area contributed by atoms with Crippen molar-refractivity contribution in [2.24, 2.45) is 5.73 Å².